The maximum atomic E-state index is 12.0. The molecule has 466 valence electrons. The molecule has 3 N–H and O–H groups in total. The van der Waals surface area contributed by atoms with Crippen LogP contribution in [0.2, 0.25) is 0 Å². The first-order valence-corrected chi connectivity index (χ1v) is 34.1. The molecule has 0 aliphatic carbocycles. The van der Waals surface area contributed by atoms with Crippen molar-refractivity contribution in [3.63, 3.8) is 0 Å². The predicted molar refractivity (Wildman–Crippen MR) is 315 cm³/mol. The van der Waals surface area contributed by atoms with Crippen LogP contribution in [0.25, 0.3) is 0 Å². The van der Waals surface area contributed by atoms with Gasteiger partial charge in [0.15, 0.2) is 12.2 Å². The van der Waals surface area contributed by atoms with Crippen molar-refractivity contribution in [3.8, 4) is 0 Å². The Morgan fingerprint density at radius 1 is 0.325 bits per heavy atom. The minimum atomic E-state index is -4.59. The van der Waals surface area contributed by atoms with Gasteiger partial charge in [-0.15, -0.1) is 0 Å². The summed E-state index contributed by atoms with van der Waals surface area (Å²) in [5.74, 6) is -1.17. The van der Waals surface area contributed by atoms with E-state index in [1.54, 1.807) is 0 Å². The molecule has 2 atom stereocenters. The molecule has 0 rings (SSSR count). The van der Waals surface area contributed by atoms with E-state index in [4.69, 9.17) is 24.1 Å². The molecule has 0 aromatic carbocycles. The van der Waals surface area contributed by atoms with Crippen LogP contribution in [-0.2, 0) is 42.7 Å². The molecule has 0 aliphatic heterocycles. The minimum absolute atomic E-state index is 0. The van der Waals surface area contributed by atoms with Gasteiger partial charge in [0.05, 0.1) is 19.6 Å². The standard InChI is InChI=1S/2C31H60O5.CH5O4P.2Na/c2*1-3-5-7-9-11-13-15-17-19-21-23-25-30(33)35-28-29(27-32)36-31(34)26-24-22-20-18-16-14-12-10-8-6-4-2;2-1-6(3,4)5;;/h2*29,32H,3-28H2,1-2H3;2H,1H2,(H2,3,4,5);;/q;;;2*+1/p-2/t2*29-;;;/m00.../s1. The summed E-state index contributed by atoms with van der Waals surface area (Å²) in [6, 6.07) is 0. The van der Waals surface area contributed by atoms with Gasteiger partial charge in [0, 0.05) is 25.7 Å². The van der Waals surface area contributed by atoms with E-state index >= 15 is 0 Å². The molecule has 0 fully saturated rings. The fourth-order valence-electron chi connectivity index (χ4n) is 8.99. The van der Waals surface area contributed by atoms with Gasteiger partial charge in [-0.3, -0.25) is 19.2 Å². The normalized spacial score (nSPS) is 11.7. The molecule has 0 bridgehead atoms. The first kappa shape index (κ1) is 88.7. The van der Waals surface area contributed by atoms with E-state index in [0.717, 1.165) is 77.0 Å². The van der Waals surface area contributed by atoms with Gasteiger partial charge in [0.1, 0.15) is 13.2 Å². The van der Waals surface area contributed by atoms with E-state index < -0.39 is 26.2 Å². The van der Waals surface area contributed by atoms with Crippen molar-refractivity contribution >= 4 is 31.5 Å². The fourth-order valence-corrected chi connectivity index (χ4v) is 8.99. The van der Waals surface area contributed by atoms with E-state index in [2.05, 4.69) is 27.7 Å². The molecule has 80 heavy (non-hydrogen) atoms. The Morgan fingerprint density at radius 3 is 0.650 bits per heavy atom. The Labute approximate surface area is 535 Å². The maximum absolute atomic E-state index is 12.0. The number of hydrogen-bond donors (Lipinski definition) is 3. The maximum Gasteiger partial charge on any atom is 1.00 e. The smallest absolute Gasteiger partial charge is 0.809 e. The van der Waals surface area contributed by atoms with Crippen molar-refractivity contribution < 1.29 is 127 Å². The van der Waals surface area contributed by atoms with E-state index in [1.807, 2.05) is 0 Å². The van der Waals surface area contributed by atoms with Crippen LogP contribution in [0.3, 0.4) is 0 Å². The summed E-state index contributed by atoms with van der Waals surface area (Å²) in [5, 5.41) is 26.4. The number of unbranched alkanes of at least 4 members (excludes halogenated alkanes) is 40. The minimum Gasteiger partial charge on any atom is -0.809 e. The molecule has 0 aromatic heterocycles. The summed E-state index contributed by atoms with van der Waals surface area (Å²) in [7, 11) is -4.59. The molecule has 14 nitrogen and oxygen atoms in total. The van der Waals surface area contributed by atoms with Gasteiger partial charge in [-0.1, -0.05) is 285 Å². The summed E-state index contributed by atoms with van der Waals surface area (Å²) in [4.78, 5) is 66.4. The quantitative estimate of drug-likeness (QED) is 0.0169. The van der Waals surface area contributed by atoms with Gasteiger partial charge in [-0.2, -0.15) is 0 Å². The monoisotopic (exact) mass is 1180 g/mol. The van der Waals surface area contributed by atoms with Crippen molar-refractivity contribution in [1.82, 2.24) is 0 Å². The van der Waals surface area contributed by atoms with Gasteiger partial charge in [0.2, 0.25) is 0 Å². The molecule has 0 radical (unpaired) electrons. The number of aliphatic hydroxyl groups is 3. The van der Waals surface area contributed by atoms with Gasteiger partial charge in [-0.25, -0.2) is 0 Å². The van der Waals surface area contributed by atoms with Crippen LogP contribution in [0.5, 0.6) is 0 Å². The third-order valence-corrected chi connectivity index (χ3v) is 14.3. The SMILES string of the molecule is CCCCCCCCCCCCCC(=O)OC[C@H](CO)OC(=O)CCCCCCCCCCCCC.CCCCCCCCCCCCCC(=O)OC[C@H](CO)OC(=O)CCCCCCCCCCCCC.O=P([O-])([O-])CO.[Na+].[Na+]. The molecule has 0 amide bonds. The fraction of sp³-hybridized carbons (Fsp3) is 0.937. The Kier molecular flexibility index (Phi) is 81.1. The van der Waals surface area contributed by atoms with Crippen LogP contribution >= 0.6 is 7.60 Å². The molecule has 0 spiro atoms. The number of esters is 4. The predicted octanol–water partition coefficient (Wildman–Crippen LogP) is 9.53. The Hall–Kier alpha value is -0.0900. The molecular weight excluding hydrogens is 1060 g/mol. The first-order chi connectivity index (χ1) is 37.8. The van der Waals surface area contributed by atoms with Crippen molar-refractivity contribution in [2.24, 2.45) is 0 Å². The molecule has 0 saturated carbocycles. The molecule has 17 heteroatoms. The van der Waals surface area contributed by atoms with E-state index in [0.29, 0.717) is 25.7 Å². The molecule has 0 saturated heterocycles. The van der Waals surface area contributed by atoms with E-state index in [-0.39, 0.29) is 109 Å². The second-order valence-electron chi connectivity index (χ2n) is 21.8. The van der Waals surface area contributed by atoms with Gasteiger partial charge in [-0.05, 0) is 33.3 Å². The van der Waals surface area contributed by atoms with Crippen LogP contribution in [0.4, 0.5) is 0 Å². The number of hydrogen-bond acceptors (Lipinski definition) is 14. The Morgan fingerprint density at radius 2 is 0.487 bits per heavy atom. The van der Waals surface area contributed by atoms with Gasteiger partial charge in [0.25, 0.3) is 0 Å². The zero-order valence-electron chi connectivity index (χ0n) is 52.9. The van der Waals surface area contributed by atoms with Crippen molar-refractivity contribution in [1.29, 1.82) is 0 Å². The molecule has 0 aliphatic rings. The average molecular weight is 1180 g/mol. The number of carbonyl (C=O) groups is 4. The summed E-state index contributed by atoms with van der Waals surface area (Å²) in [6.07, 6.45) is 53.1. The Bertz CT molecular complexity index is 1240. The number of ether oxygens (including phenoxy) is 4. The van der Waals surface area contributed by atoms with Crippen LogP contribution in [0.1, 0.15) is 336 Å². The second kappa shape index (κ2) is 73.2. The van der Waals surface area contributed by atoms with Crippen molar-refractivity contribution in [2.75, 3.05) is 32.8 Å². The summed E-state index contributed by atoms with van der Waals surface area (Å²) >= 11 is 0. The van der Waals surface area contributed by atoms with Crippen LogP contribution in [0.15, 0.2) is 0 Å². The number of carbonyl (C=O) groups excluding carboxylic acids is 4. The number of rotatable bonds is 57. The largest absolute Gasteiger partial charge is 1.00 e. The molecular formula is C63H123Na2O14P. The summed E-state index contributed by atoms with van der Waals surface area (Å²) in [6.45, 7) is 8.22. The molecule has 0 aromatic rings. The molecule has 0 heterocycles. The zero-order valence-corrected chi connectivity index (χ0v) is 57.8. The van der Waals surface area contributed by atoms with Gasteiger partial charge < -0.3 is 48.6 Å². The zero-order chi connectivity index (χ0) is 58.3. The van der Waals surface area contributed by atoms with Gasteiger partial charge >= 0.3 is 83.0 Å². The van der Waals surface area contributed by atoms with Crippen molar-refractivity contribution in [3.05, 3.63) is 0 Å². The third kappa shape index (κ3) is 77.9. The summed E-state index contributed by atoms with van der Waals surface area (Å²) < 4.78 is 30.2. The first-order valence-electron chi connectivity index (χ1n) is 32.4. The van der Waals surface area contributed by atoms with Crippen LogP contribution < -0.4 is 68.9 Å². The summed E-state index contributed by atoms with van der Waals surface area (Å²) in [5.41, 5.74) is 0. The topological polar surface area (TPSA) is 229 Å². The number of aliphatic hydroxyl groups excluding tert-OH is 3. The van der Waals surface area contributed by atoms with E-state index in [1.165, 1.54) is 205 Å². The Balaban J connectivity index is -0.000000415. The van der Waals surface area contributed by atoms with Crippen molar-refractivity contribution in [2.45, 2.75) is 348 Å². The molecule has 0 unspecified atom stereocenters. The average Bonchev–Trinajstić information content (AvgIpc) is 3.42. The third-order valence-electron chi connectivity index (χ3n) is 14.0. The van der Waals surface area contributed by atoms with Crippen LogP contribution in [0, 0.1) is 0 Å². The van der Waals surface area contributed by atoms with Crippen LogP contribution in [-0.4, -0.2) is 84.2 Å². The van der Waals surface area contributed by atoms with E-state index in [9.17, 15) is 43.7 Å². The second-order valence-corrected chi connectivity index (χ2v) is 23.4.